The standard InChI is InChI=1S/C15H14N4OS/c1-20-13-5-3-12(4-6-13)11-21-15-8-7-14(17-18-15)19-10-2-9-16-19/h2-10H,11H2,1H3. The second kappa shape index (κ2) is 6.41. The zero-order chi connectivity index (χ0) is 14.5. The van der Waals surface area contributed by atoms with Crippen LogP contribution < -0.4 is 4.74 Å². The summed E-state index contributed by atoms with van der Waals surface area (Å²) in [5.41, 5.74) is 1.22. The summed E-state index contributed by atoms with van der Waals surface area (Å²) in [5.74, 6) is 2.43. The van der Waals surface area contributed by atoms with E-state index in [-0.39, 0.29) is 0 Å². The molecule has 0 saturated heterocycles. The van der Waals surface area contributed by atoms with Crippen LogP contribution in [-0.4, -0.2) is 27.1 Å². The minimum atomic E-state index is 0.716. The molecule has 6 heteroatoms. The van der Waals surface area contributed by atoms with Gasteiger partial charge in [-0.05, 0) is 35.9 Å². The number of methoxy groups -OCH3 is 1. The predicted molar refractivity (Wildman–Crippen MR) is 81.7 cm³/mol. The molecular formula is C15H14N4OS. The first-order valence-electron chi connectivity index (χ1n) is 6.44. The Kier molecular flexibility index (Phi) is 4.16. The Balaban J connectivity index is 1.62. The summed E-state index contributed by atoms with van der Waals surface area (Å²) in [4.78, 5) is 0. The predicted octanol–water partition coefficient (Wildman–Crippen LogP) is 2.96. The van der Waals surface area contributed by atoms with Crippen LogP contribution in [0, 0.1) is 0 Å². The van der Waals surface area contributed by atoms with Crippen molar-refractivity contribution in [1.29, 1.82) is 0 Å². The van der Waals surface area contributed by atoms with Gasteiger partial charge in [0.05, 0.1) is 7.11 Å². The Bertz CT molecular complexity index is 681. The van der Waals surface area contributed by atoms with Gasteiger partial charge < -0.3 is 4.74 Å². The molecule has 21 heavy (non-hydrogen) atoms. The molecule has 0 aliphatic rings. The highest BCUT2D eigenvalue weighted by Crippen LogP contribution is 2.22. The maximum atomic E-state index is 5.14. The number of benzene rings is 1. The van der Waals surface area contributed by atoms with E-state index >= 15 is 0 Å². The summed E-state index contributed by atoms with van der Waals surface area (Å²) in [6.07, 6.45) is 3.56. The lowest BCUT2D eigenvalue weighted by atomic mass is 10.2. The van der Waals surface area contributed by atoms with Crippen molar-refractivity contribution < 1.29 is 4.74 Å². The van der Waals surface area contributed by atoms with Gasteiger partial charge in [-0.2, -0.15) is 5.10 Å². The first-order chi connectivity index (χ1) is 10.3. The molecule has 2 aromatic heterocycles. The average molecular weight is 298 g/mol. The molecule has 0 saturated carbocycles. The summed E-state index contributed by atoms with van der Waals surface area (Å²) in [6, 6.07) is 13.8. The van der Waals surface area contributed by atoms with Gasteiger partial charge in [0, 0.05) is 18.1 Å². The second-order valence-corrected chi connectivity index (χ2v) is 5.31. The van der Waals surface area contributed by atoms with E-state index in [1.54, 1.807) is 29.8 Å². The fourth-order valence-corrected chi connectivity index (χ4v) is 2.57. The van der Waals surface area contributed by atoms with Crippen LogP contribution in [0.1, 0.15) is 5.56 Å². The zero-order valence-corrected chi connectivity index (χ0v) is 12.3. The molecule has 5 nitrogen and oxygen atoms in total. The molecule has 0 spiro atoms. The fourth-order valence-electron chi connectivity index (χ4n) is 1.80. The number of hydrogen-bond acceptors (Lipinski definition) is 5. The number of rotatable bonds is 5. The van der Waals surface area contributed by atoms with Crippen LogP contribution >= 0.6 is 11.8 Å². The first-order valence-corrected chi connectivity index (χ1v) is 7.43. The molecule has 0 radical (unpaired) electrons. The summed E-state index contributed by atoms with van der Waals surface area (Å²) >= 11 is 1.65. The van der Waals surface area contributed by atoms with E-state index in [9.17, 15) is 0 Å². The Labute approximate surface area is 127 Å². The molecule has 0 atom stereocenters. The molecule has 2 heterocycles. The minimum Gasteiger partial charge on any atom is -0.497 e. The average Bonchev–Trinajstić information content (AvgIpc) is 3.08. The van der Waals surface area contributed by atoms with Crippen molar-refractivity contribution in [3.8, 4) is 11.6 Å². The van der Waals surface area contributed by atoms with E-state index in [4.69, 9.17) is 4.74 Å². The molecule has 0 unspecified atom stereocenters. The van der Waals surface area contributed by atoms with Crippen molar-refractivity contribution in [1.82, 2.24) is 20.0 Å². The summed E-state index contributed by atoms with van der Waals surface area (Å²) < 4.78 is 6.83. The van der Waals surface area contributed by atoms with E-state index in [0.717, 1.165) is 16.5 Å². The van der Waals surface area contributed by atoms with E-state index in [0.29, 0.717) is 5.82 Å². The smallest absolute Gasteiger partial charge is 0.175 e. The van der Waals surface area contributed by atoms with E-state index < -0.39 is 0 Å². The molecule has 3 aromatic rings. The maximum Gasteiger partial charge on any atom is 0.175 e. The van der Waals surface area contributed by atoms with Crippen molar-refractivity contribution in [3.05, 3.63) is 60.4 Å². The molecule has 0 N–H and O–H groups in total. The second-order valence-electron chi connectivity index (χ2n) is 4.32. The lowest BCUT2D eigenvalue weighted by Crippen LogP contribution is -1.99. The lowest BCUT2D eigenvalue weighted by Gasteiger charge is -2.04. The third-order valence-corrected chi connectivity index (χ3v) is 3.90. The van der Waals surface area contributed by atoms with Crippen LogP contribution in [-0.2, 0) is 5.75 Å². The molecule has 0 amide bonds. The van der Waals surface area contributed by atoms with Gasteiger partial charge in [-0.25, -0.2) is 4.68 Å². The highest BCUT2D eigenvalue weighted by Gasteiger charge is 2.02. The third-order valence-electron chi connectivity index (χ3n) is 2.91. The topological polar surface area (TPSA) is 52.8 Å². The van der Waals surface area contributed by atoms with E-state index in [1.165, 1.54) is 5.56 Å². The first kappa shape index (κ1) is 13.6. The number of hydrogen-bond donors (Lipinski definition) is 0. The Morgan fingerprint density at radius 1 is 1.10 bits per heavy atom. The molecule has 3 rings (SSSR count). The molecule has 106 valence electrons. The van der Waals surface area contributed by atoms with Crippen molar-refractivity contribution in [3.63, 3.8) is 0 Å². The van der Waals surface area contributed by atoms with Gasteiger partial charge in [0.25, 0.3) is 0 Å². The van der Waals surface area contributed by atoms with Gasteiger partial charge in [-0.1, -0.05) is 23.9 Å². The SMILES string of the molecule is COc1ccc(CSc2ccc(-n3cccn3)nn2)cc1. The van der Waals surface area contributed by atoms with Gasteiger partial charge >= 0.3 is 0 Å². The highest BCUT2D eigenvalue weighted by atomic mass is 32.2. The molecular weight excluding hydrogens is 284 g/mol. The van der Waals surface area contributed by atoms with Crippen LogP contribution in [0.15, 0.2) is 59.9 Å². The Hall–Kier alpha value is -2.34. The number of ether oxygens (including phenoxy) is 1. The van der Waals surface area contributed by atoms with Crippen LogP contribution in [0.25, 0.3) is 5.82 Å². The molecule has 0 fully saturated rings. The number of aromatic nitrogens is 4. The summed E-state index contributed by atoms with van der Waals surface area (Å²) in [7, 11) is 1.67. The van der Waals surface area contributed by atoms with Crippen LogP contribution in [0.3, 0.4) is 0 Å². The van der Waals surface area contributed by atoms with Gasteiger partial charge in [0.15, 0.2) is 5.82 Å². The van der Waals surface area contributed by atoms with Crippen LogP contribution in [0.2, 0.25) is 0 Å². The summed E-state index contributed by atoms with van der Waals surface area (Å²) in [5, 5.41) is 13.4. The fraction of sp³-hybridized carbons (Fsp3) is 0.133. The van der Waals surface area contributed by atoms with Crippen molar-refractivity contribution in [2.24, 2.45) is 0 Å². The quantitative estimate of drug-likeness (QED) is 0.678. The minimum absolute atomic E-state index is 0.716. The van der Waals surface area contributed by atoms with Crippen LogP contribution in [0.4, 0.5) is 0 Å². The normalized spacial score (nSPS) is 10.5. The molecule has 0 bridgehead atoms. The lowest BCUT2D eigenvalue weighted by molar-refractivity contribution is 0.414. The van der Waals surface area contributed by atoms with Gasteiger partial charge in [0.2, 0.25) is 0 Å². The van der Waals surface area contributed by atoms with Crippen molar-refractivity contribution in [2.45, 2.75) is 10.8 Å². The monoisotopic (exact) mass is 298 g/mol. The largest absolute Gasteiger partial charge is 0.497 e. The zero-order valence-electron chi connectivity index (χ0n) is 11.5. The number of thioether (sulfide) groups is 1. The third kappa shape index (κ3) is 3.41. The van der Waals surface area contributed by atoms with Crippen molar-refractivity contribution >= 4 is 11.8 Å². The van der Waals surface area contributed by atoms with E-state index in [2.05, 4.69) is 27.4 Å². The molecule has 0 aliphatic heterocycles. The maximum absolute atomic E-state index is 5.14. The Morgan fingerprint density at radius 3 is 2.57 bits per heavy atom. The van der Waals surface area contributed by atoms with Gasteiger partial charge in [-0.15, -0.1) is 10.2 Å². The highest BCUT2D eigenvalue weighted by molar-refractivity contribution is 7.98. The van der Waals surface area contributed by atoms with Crippen molar-refractivity contribution in [2.75, 3.05) is 7.11 Å². The summed E-state index contributed by atoms with van der Waals surface area (Å²) in [6.45, 7) is 0. The number of nitrogens with zero attached hydrogens (tertiary/aromatic N) is 4. The molecule has 1 aromatic carbocycles. The molecule has 0 aliphatic carbocycles. The van der Waals surface area contributed by atoms with E-state index in [1.807, 2.05) is 36.5 Å². The van der Waals surface area contributed by atoms with Gasteiger partial charge in [-0.3, -0.25) is 0 Å². The Morgan fingerprint density at radius 2 is 1.95 bits per heavy atom. The van der Waals surface area contributed by atoms with Crippen LogP contribution in [0.5, 0.6) is 5.75 Å². The van der Waals surface area contributed by atoms with Gasteiger partial charge in [0.1, 0.15) is 10.8 Å².